The lowest BCUT2D eigenvalue weighted by Gasteiger charge is -2.22. The van der Waals surface area contributed by atoms with E-state index in [-0.39, 0.29) is 5.82 Å². The van der Waals surface area contributed by atoms with Crippen molar-refractivity contribution in [2.75, 3.05) is 5.32 Å². The Kier molecular flexibility index (Phi) is 3.34. The van der Waals surface area contributed by atoms with Crippen LogP contribution in [0.2, 0.25) is 0 Å². The second-order valence-electron chi connectivity index (χ2n) is 5.84. The van der Waals surface area contributed by atoms with Crippen molar-refractivity contribution in [3.63, 3.8) is 0 Å². The second-order valence-corrected chi connectivity index (χ2v) is 5.84. The maximum atomic E-state index is 13.1. The first-order valence-electron chi connectivity index (χ1n) is 7.67. The standard InChI is InChI=1S/C18H15BFN3/c19-12-2-7-15-11(9-12)1-8-16-17(15)18(22-10-21-16)23-14-5-3-13(20)4-6-14/h2-7,9-10H,1,8,19H2,(H,21,22,23). The van der Waals surface area contributed by atoms with Crippen LogP contribution in [0, 0.1) is 5.82 Å². The van der Waals surface area contributed by atoms with Crippen LogP contribution in [0.15, 0.2) is 48.8 Å². The van der Waals surface area contributed by atoms with E-state index in [1.54, 1.807) is 18.5 Å². The van der Waals surface area contributed by atoms with Gasteiger partial charge < -0.3 is 5.32 Å². The Hall–Kier alpha value is -2.69. The van der Waals surface area contributed by atoms with Gasteiger partial charge in [-0.3, -0.25) is 0 Å². The van der Waals surface area contributed by atoms with Gasteiger partial charge in [-0.25, -0.2) is 14.4 Å². The van der Waals surface area contributed by atoms with Crippen molar-refractivity contribution in [1.29, 1.82) is 0 Å². The van der Waals surface area contributed by atoms with Crippen LogP contribution in [0.5, 0.6) is 0 Å². The van der Waals surface area contributed by atoms with E-state index in [0.29, 0.717) is 0 Å². The summed E-state index contributed by atoms with van der Waals surface area (Å²) in [6.07, 6.45) is 3.49. The lowest BCUT2D eigenvalue weighted by molar-refractivity contribution is 0.628. The molecule has 0 aliphatic heterocycles. The molecule has 0 radical (unpaired) electrons. The van der Waals surface area contributed by atoms with Crippen LogP contribution in [-0.2, 0) is 12.8 Å². The number of anilines is 2. The predicted molar refractivity (Wildman–Crippen MR) is 92.7 cm³/mol. The number of hydrogen-bond acceptors (Lipinski definition) is 3. The number of hydrogen-bond donors (Lipinski definition) is 1. The van der Waals surface area contributed by atoms with Crippen LogP contribution in [-0.4, -0.2) is 17.8 Å². The van der Waals surface area contributed by atoms with Gasteiger partial charge in [0.1, 0.15) is 25.8 Å². The van der Waals surface area contributed by atoms with Crippen LogP contribution >= 0.6 is 0 Å². The highest BCUT2D eigenvalue weighted by atomic mass is 19.1. The smallest absolute Gasteiger partial charge is 0.141 e. The number of aryl methyl sites for hydroxylation is 2. The minimum atomic E-state index is -0.249. The largest absolute Gasteiger partial charge is 0.340 e. The van der Waals surface area contributed by atoms with Crippen molar-refractivity contribution in [2.24, 2.45) is 0 Å². The first kappa shape index (κ1) is 13.9. The Balaban J connectivity index is 1.81. The molecule has 0 fully saturated rings. The first-order chi connectivity index (χ1) is 11.2. The quantitative estimate of drug-likeness (QED) is 0.739. The summed E-state index contributed by atoms with van der Waals surface area (Å²) in [7, 11) is 2.11. The molecule has 5 heteroatoms. The molecule has 2 aromatic carbocycles. The van der Waals surface area contributed by atoms with Crippen molar-refractivity contribution in [2.45, 2.75) is 12.8 Å². The van der Waals surface area contributed by atoms with Crippen LogP contribution in [0.1, 0.15) is 11.3 Å². The van der Waals surface area contributed by atoms with Gasteiger partial charge in [0, 0.05) is 11.3 Å². The third-order valence-corrected chi connectivity index (χ3v) is 4.19. The fraction of sp³-hybridized carbons (Fsp3) is 0.111. The van der Waals surface area contributed by atoms with E-state index < -0.39 is 0 Å². The Morgan fingerprint density at radius 2 is 1.83 bits per heavy atom. The summed E-state index contributed by atoms with van der Waals surface area (Å²) in [6, 6.07) is 12.8. The third-order valence-electron chi connectivity index (χ3n) is 4.19. The number of nitrogens with one attached hydrogen (secondary N) is 1. The molecular weight excluding hydrogens is 288 g/mol. The van der Waals surface area contributed by atoms with Crippen LogP contribution in [0.4, 0.5) is 15.9 Å². The summed E-state index contributed by atoms with van der Waals surface area (Å²) < 4.78 is 13.1. The minimum Gasteiger partial charge on any atom is -0.340 e. The summed E-state index contributed by atoms with van der Waals surface area (Å²) >= 11 is 0. The van der Waals surface area contributed by atoms with Gasteiger partial charge in [0.05, 0.1) is 5.69 Å². The van der Waals surface area contributed by atoms with E-state index in [1.165, 1.54) is 28.7 Å². The molecule has 4 rings (SSSR count). The molecule has 3 aromatic rings. The Morgan fingerprint density at radius 3 is 2.65 bits per heavy atom. The molecule has 1 aromatic heterocycles. The summed E-state index contributed by atoms with van der Waals surface area (Å²) in [5.41, 5.74) is 6.69. The molecule has 23 heavy (non-hydrogen) atoms. The number of nitrogens with zero attached hydrogens (tertiary/aromatic N) is 2. The zero-order valence-corrected chi connectivity index (χ0v) is 12.8. The highest BCUT2D eigenvalue weighted by Gasteiger charge is 2.21. The van der Waals surface area contributed by atoms with Crippen molar-refractivity contribution < 1.29 is 4.39 Å². The second kappa shape index (κ2) is 5.50. The van der Waals surface area contributed by atoms with Crippen molar-refractivity contribution in [3.05, 3.63) is 65.9 Å². The molecule has 1 N–H and O–H groups in total. The molecule has 1 aliphatic carbocycles. The van der Waals surface area contributed by atoms with Crippen LogP contribution in [0.3, 0.4) is 0 Å². The molecule has 0 atom stereocenters. The molecule has 112 valence electrons. The van der Waals surface area contributed by atoms with E-state index in [1.807, 2.05) is 0 Å². The molecule has 1 aliphatic rings. The third kappa shape index (κ3) is 2.59. The summed E-state index contributed by atoms with van der Waals surface area (Å²) in [4.78, 5) is 8.86. The molecule has 1 heterocycles. The van der Waals surface area contributed by atoms with E-state index in [2.05, 4.69) is 41.3 Å². The average molecular weight is 303 g/mol. The Morgan fingerprint density at radius 1 is 1.00 bits per heavy atom. The van der Waals surface area contributed by atoms with Crippen LogP contribution in [0.25, 0.3) is 11.1 Å². The summed E-state index contributed by atoms with van der Waals surface area (Å²) in [5.74, 6) is 0.521. The summed E-state index contributed by atoms with van der Waals surface area (Å²) in [6.45, 7) is 0. The van der Waals surface area contributed by atoms with Crippen molar-refractivity contribution >= 4 is 24.8 Å². The Bertz CT molecular complexity index is 878. The SMILES string of the molecule is Bc1ccc2c(c1)CCc1ncnc(Nc3ccc(F)cc3)c1-2. The monoisotopic (exact) mass is 303 g/mol. The minimum absolute atomic E-state index is 0.249. The number of aromatic nitrogens is 2. The lowest BCUT2D eigenvalue weighted by atomic mass is 9.84. The number of halogens is 1. The van der Waals surface area contributed by atoms with Gasteiger partial charge in [0.25, 0.3) is 0 Å². The fourth-order valence-corrected chi connectivity index (χ4v) is 3.09. The highest BCUT2D eigenvalue weighted by molar-refractivity contribution is 6.32. The number of rotatable bonds is 2. The fourth-order valence-electron chi connectivity index (χ4n) is 3.09. The molecule has 0 saturated carbocycles. The molecule has 0 spiro atoms. The molecule has 3 nitrogen and oxygen atoms in total. The maximum Gasteiger partial charge on any atom is 0.141 e. The van der Waals surface area contributed by atoms with Gasteiger partial charge in [-0.05, 0) is 48.2 Å². The number of fused-ring (bicyclic) bond motifs is 3. The van der Waals surface area contributed by atoms with Gasteiger partial charge in [-0.1, -0.05) is 23.7 Å². The van der Waals surface area contributed by atoms with Crippen molar-refractivity contribution in [1.82, 2.24) is 9.97 Å². The van der Waals surface area contributed by atoms with Gasteiger partial charge in [0.15, 0.2) is 0 Å². The molecule has 0 bridgehead atoms. The van der Waals surface area contributed by atoms with E-state index in [0.717, 1.165) is 35.6 Å². The predicted octanol–water partition coefficient (Wildman–Crippen LogP) is 2.38. The van der Waals surface area contributed by atoms with Crippen molar-refractivity contribution in [3.8, 4) is 11.1 Å². The van der Waals surface area contributed by atoms with Gasteiger partial charge in [0.2, 0.25) is 0 Å². The van der Waals surface area contributed by atoms with Gasteiger partial charge >= 0.3 is 0 Å². The highest BCUT2D eigenvalue weighted by Crippen LogP contribution is 2.37. The van der Waals surface area contributed by atoms with Gasteiger partial charge in [-0.2, -0.15) is 0 Å². The van der Waals surface area contributed by atoms with Gasteiger partial charge in [-0.15, -0.1) is 0 Å². The number of benzene rings is 2. The maximum absolute atomic E-state index is 13.1. The normalized spacial score (nSPS) is 12.4. The topological polar surface area (TPSA) is 37.8 Å². The van der Waals surface area contributed by atoms with E-state index >= 15 is 0 Å². The molecule has 0 saturated heterocycles. The lowest BCUT2D eigenvalue weighted by Crippen LogP contribution is -2.13. The molecular formula is C18H15BFN3. The summed E-state index contributed by atoms with van der Waals surface area (Å²) in [5, 5.41) is 3.30. The Labute approximate surface area is 135 Å². The molecule has 0 unspecified atom stereocenters. The first-order valence-corrected chi connectivity index (χ1v) is 7.67. The molecule has 0 amide bonds. The van der Waals surface area contributed by atoms with Crippen LogP contribution < -0.4 is 10.8 Å². The zero-order chi connectivity index (χ0) is 15.8. The average Bonchev–Trinajstić information content (AvgIpc) is 2.56. The van der Waals surface area contributed by atoms with E-state index in [9.17, 15) is 4.39 Å². The zero-order valence-electron chi connectivity index (χ0n) is 12.8. The van der Waals surface area contributed by atoms with E-state index in [4.69, 9.17) is 0 Å².